The second-order valence-corrected chi connectivity index (χ2v) is 5.47. The van der Waals surface area contributed by atoms with Crippen LogP contribution >= 0.6 is 0 Å². The van der Waals surface area contributed by atoms with Gasteiger partial charge in [0.2, 0.25) is 0 Å². The fourth-order valence-corrected chi connectivity index (χ4v) is 2.93. The van der Waals surface area contributed by atoms with E-state index in [9.17, 15) is 14.7 Å². The highest BCUT2D eigenvalue weighted by Gasteiger charge is 2.29. The summed E-state index contributed by atoms with van der Waals surface area (Å²) in [6, 6.07) is 0. The number of phenols is 1. The molecule has 0 heterocycles. The van der Waals surface area contributed by atoms with E-state index in [1.54, 1.807) is 6.92 Å². The first-order valence-corrected chi connectivity index (χ1v) is 7.98. The summed E-state index contributed by atoms with van der Waals surface area (Å²) in [5.41, 5.74) is 2.29. The first-order valence-electron chi connectivity index (χ1n) is 7.98. The van der Waals surface area contributed by atoms with Gasteiger partial charge in [0.05, 0.1) is 19.8 Å². The van der Waals surface area contributed by atoms with Crippen molar-refractivity contribution in [1.29, 1.82) is 0 Å². The van der Waals surface area contributed by atoms with E-state index in [1.165, 1.54) is 14.2 Å². The Bertz CT molecular complexity index is 590. The molecule has 5 nitrogen and oxygen atoms in total. The summed E-state index contributed by atoms with van der Waals surface area (Å²) >= 11 is 0. The summed E-state index contributed by atoms with van der Waals surface area (Å²) in [4.78, 5) is 24.2. The van der Waals surface area contributed by atoms with Gasteiger partial charge in [-0.3, -0.25) is 0 Å². The Balaban J connectivity index is 3.63. The third-order valence-electron chi connectivity index (χ3n) is 4.13. The molecular formula is C18H26O5. The maximum atomic E-state index is 12.1. The minimum Gasteiger partial charge on any atom is -0.507 e. The molecular weight excluding hydrogens is 296 g/mol. The molecule has 5 heteroatoms. The number of esters is 2. The lowest BCUT2D eigenvalue weighted by atomic mass is 9.87. The van der Waals surface area contributed by atoms with Crippen molar-refractivity contribution in [2.24, 2.45) is 0 Å². The van der Waals surface area contributed by atoms with Gasteiger partial charge >= 0.3 is 11.9 Å². The monoisotopic (exact) mass is 322 g/mol. The van der Waals surface area contributed by atoms with Crippen LogP contribution in [0.3, 0.4) is 0 Å². The van der Waals surface area contributed by atoms with Gasteiger partial charge < -0.3 is 14.6 Å². The number of hydrogen-bond donors (Lipinski definition) is 1. The molecule has 0 atom stereocenters. The van der Waals surface area contributed by atoms with Gasteiger partial charge in [-0.05, 0) is 42.9 Å². The number of hydrogen-bond acceptors (Lipinski definition) is 5. The molecule has 23 heavy (non-hydrogen) atoms. The minimum atomic E-state index is -0.731. The third kappa shape index (κ3) is 3.84. The smallest absolute Gasteiger partial charge is 0.342 e. The van der Waals surface area contributed by atoms with Crippen LogP contribution in [0.4, 0.5) is 0 Å². The van der Waals surface area contributed by atoms with Crippen LogP contribution in [0.2, 0.25) is 0 Å². The average molecular weight is 322 g/mol. The van der Waals surface area contributed by atoms with Gasteiger partial charge in [-0.2, -0.15) is 0 Å². The van der Waals surface area contributed by atoms with E-state index in [2.05, 4.69) is 6.92 Å². The minimum absolute atomic E-state index is 0.0907. The zero-order valence-corrected chi connectivity index (χ0v) is 14.6. The molecule has 0 spiro atoms. The number of carbonyl (C=O) groups excluding carboxylic acids is 2. The Labute approximate surface area is 137 Å². The molecule has 1 rings (SSSR count). The molecule has 0 aliphatic heterocycles. The molecule has 0 radical (unpaired) electrons. The first kappa shape index (κ1) is 19.0. The van der Waals surface area contributed by atoms with Crippen molar-refractivity contribution in [2.45, 2.75) is 52.9 Å². The topological polar surface area (TPSA) is 72.8 Å². The Morgan fingerprint density at radius 2 is 1.52 bits per heavy atom. The summed E-state index contributed by atoms with van der Waals surface area (Å²) in [5.74, 6) is -1.53. The van der Waals surface area contributed by atoms with Gasteiger partial charge in [0.1, 0.15) is 11.3 Å². The van der Waals surface area contributed by atoms with Crippen LogP contribution in [0.1, 0.15) is 70.5 Å². The predicted octanol–water partition coefficient (Wildman–Crippen LogP) is 3.57. The molecule has 128 valence electrons. The van der Waals surface area contributed by atoms with E-state index in [4.69, 9.17) is 9.47 Å². The highest BCUT2D eigenvalue weighted by Crippen LogP contribution is 2.35. The van der Waals surface area contributed by atoms with Crippen LogP contribution in [0, 0.1) is 6.92 Å². The second kappa shape index (κ2) is 8.56. The van der Waals surface area contributed by atoms with E-state index in [0.29, 0.717) is 18.4 Å². The number of rotatable bonds is 7. The van der Waals surface area contributed by atoms with E-state index in [1.807, 2.05) is 6.92 Å². The molecule has 0 saturated heterocycles. The molecule has 1 aromatic carbocycles. The summed E-state index contributed by atoms with van der Waals surface area (Å²) in [7, 11) is 2.48. The number of benzene rings is 1. The van der Waals surface area contributed by atoms with E-state index >= 15 is 0 Å². The van der Waals surface area contributed by atoms with Gasteiger partial charge in [0.25, 0.3) is 0 Å². The van der Waals surface area contributed by atoms with Gasteiger partial charge in [-0.15, -0.1) is 0 Å². The van der Waals surface area contributed by atoms with Crippen LogP contribution in [0.25, 0.3) is 0 Å². The molecule has 0 aliphatic rings. The summed E-state index contributed by atoms with van der Waals surface area (Å²) in [5, 5.41) is 10.6. The zero-order valence-electron chi connectivity index (χ0n) is 14.6. The van der Waals surface area contributed by atoms with Gasteiger partial charge in [0, 0.05) is 0 Å². The van der Waals surface area contributed by atoms with Crippen molar-refractivity contribution in [3.63, 3.8) is 0 Å². The van der Waals surface area contributed by atoms with Crippen LogP contribution < -0.4 is 0 Å². The van der Waals surface area contributed by atoms with E-state index in [0.717, 1.165) is 30.4 Å². The van der Waals surface area contributed by atoms with Gasteiger partial charge in [-0.1, -0.05) is 26.7 Å². The highest BCUT2D eigenvalue weighted by molar-refractivity contribution is 6.06. The molecule has 0 aromatic heterocycles. The second-order valence-electron chi connectivity index (χ2n) is 5.47. The zero-order chi connectivity index (χ0) is 17.6. The Hall–Kier alpha value is -2.04. The molecule has 0 fully saturated rings. The lowest BCUT2D eigenvalue weighted by Crippen LogP contribution is -2.17. The average Bonchev–Trinajstić information content (AvgIpc) is 2.56. The highest BCUT2D eigenvalue weighted by atomic mass is 16.5. The number of ether oxygens (including phenoxy) is 2. The molecule has 0 amide bonds. The molecule has 1 aromatic rings. The molecule has 0 bridgehead atoms. The lowest BCUT2D eigenvalue weighted by Gasteiger charge is -2.20. The van der Waals surface area contributed by atoms with Crippen LogP contribution in [0.15, 0.2) is 0 Å². The molecule has 0 aliphatic carbocycles. The normalized spacial score (nSPS) is 10.5. The summed E-state index contributed by atoms with van der Waals surface area (Å²) in [6.07, 6.45) is 4.33. The number of carbonyl (C=O) groups is 2. The third-order valence-corrected chi connectivity index (χ3v) is 4.13. The van der Waals surface area contributed by atoms with Crippen LogP contribution in [-0.4, -0.2) is 31.3 Å². The first-order chi connectivity index (χ1) is 10.9. The summed E-state index contributed by atoms with van der Waals surface area (Å²) < 4.78 is 9.54. The number of unbranched alkanes of at least 4 members (excludes halogenated alkanes) is 2. The maximum absolute atomic E-state index is 12.1. The van der Waals surface area contributed by atoms with Crippen molar-refractivity contribution in [1.82, 2.24) is 0 Å². The predicted molar refractivity (Wildman–Crippen MR) is 88.1 cm³/mol. The molecule has 0 saturated carbocycles. The quantitative estimate of drug-likeness (QED) is 0.613. The number of methoxy groups -OCH3 is 2. The lowest BCUT2D eigenvalue weighted by molar-refractivity contribution is 0.0551. The van der Waals surface area contributed by atoms with Crippen molar-refractivity contribution < 1.29 is 24.2 Å². The van der Waals surface area contributed by atoms with Gasteiger partial charge in [-0.25, -0.2) is 9.59 Å². The van der Waals surface area contributed by atoms with Crippen LogP contribution in [0.5, 0.6) is 5.75 Å². The number of aromatic hydroxyl groups is 1. The van der Waals surface area contributed by atoms with E-state index in [-0.39, 0.29) is 16.9 Å². The van der Waals surface area contributed by atoms with Gasteiger partial charge in [0.15, 0.2) is 0 Å². The fraction of sp³-hybridized carbons (Fsp3) is 0.556. The maximum Gasteiger partial charge on any atom is 0.342 e. The largest absolute Gasteiger partial charge is 0.507 e. The standard InChI is InChI=1S/C18H26O5/c1-6-8-9-10-13-12(7-2)11(3)14(17(20)22-4)15(16(13)19)18(21)23-5/h19H,6-10H2,1-5H3. The number of phenolic OH excluding ortho intramolecular Hbond substituents is 1. The summed E-state index contributed by atoms with van der Waals surface area (Å²) in [6.45, 7) is 5.84. The van der Waals surface area contributed by atoms with Crippen molar-refractivity contribution in [3.8, 4) is 5.75 Å². The Kier molecular flexibility index (Phi) is 7.07. The van der Waals surface area contributed by atoms with Crippen LogP contribution in [-0.2, 0) is 22.3 Å². The van der Waals surface area contributed by atoms with Crippen molar-refractivity contribution >= 4 is 11.9 Å². The Morgan fingerprint density at radius 1 is 0.957 bits per heavy atom. The Morgan fingerprint density at radius 3 is 2.00 bits per heavy atom. The van der Waals surface area contributed by atoms with Crippen molar-refractivity contribution in [3.05, 3.63) is 27.8 Å². The fourth-order valence-electron chi connectivity index (χ4n) is 2.93. The van der Waals surface area contributed by atoms with Crippen molar-refractivity contribution in [2.75, 3.05) is 14.2 Å². The SMILES string of the molecule is CCCCCc1c(O)c(C(=O)OC)c(C(=O)OC)c(C)c1CC. The molecule has 0 unspecified atom stereocenters. The molecule has 1 N–H and O–H groups in total. The van der Waals surface area contributed by atoms with E-state index < -0.39 is 11.9 Å².